The van der Waals surface area contributed by atoms with Crippen molar-refractivity contribution in [1.82, 2.24) is 9.88 Å². The van der Waals surface area contributed by atoms with Crippen LogP contribution in [0.3, 0.4) is 0 Å². The van der Waals surface area contributed by atoms with Crippen LogP contribution in [0, 0.1) is 11.7 Å². The SMILES string of the molecule is CC1C=C(c2cc(F)cc3cc[nH]c23)C(CO)N(C)C1. The van der Waals surface area contributed by atoms with E-state index in [-0.39, 0.29) is 18.5 Å². The standard InChI is InChI=1S/C16H19FN2O/c1-10-5-13(15(9-20)19(2)8-10)14-7-12(17)6-11-3-4-18-16(11)14/h3-7,10,15,18,20H,8-9H2,1-2H3. The number of halogens is 1. The Morgan fingerprint density at radius 3 is 3.00 bits per heavy atom. The van der Waals surface area contributed by atoms with Crippen molar-refractivity contribution in [3.05, 3.63) is 41.9 Å². The number of hydrogen-bond donors (Lipinski definition) is 2. The fraction of sp³-hybridized carbons (Fsp3) is 0.375. The summed E-state index contributed by atoms with van der Waals surface area (Å²) >= 11 is 0. The summed E-state index contributed by atoms with van der Waals surface area (Å²) < 4.78 is 13.8. The minimum atomic E-state index is -0.245. The number of aromatic amines is 1. The van der Waals surface area contributed by atoms with Crippen LogP contribution in [0.2, 0.25) is 0 Å². The number of nitrogens with zero attached hydrogens (tertiary/aromatic N) is 1. The fourth-order valence-corrected chi connectivity index (χ4v) is 3.16. The van der Waals surface area contributed by atoms with Gasteiger partial charge in [0.2, 0.25) is 0 Å². The highest BCUT2D eigenvalue weighted by Crippen LogP contribution is 2.33. The summed E-state index contributed by atoms with van der Waals surface area (Å²) in [6, 6.07) is 4.87. The highest BCUT2D eigenvalue weighted by Gasteiger charge is 2.27. The quantitative estimate of drug-likeness (QED) is 0.883. The molecule has 0 saturated heterocycles. The summed E-state index contributed by atoms with van der Waals surface area (Å²) in [6.07, 6.45) is 3.97. The molecule has 0 radical (unpaired) electrons. The molecule has 2 atom stereocenters. The Kier molecular flexibility index (Phi) is 3.36. The number of nitrogens with one attached hydrogen (secondary N) is 1. The second kappa shape index (κ2) is 5.04. The highest BCUT2D eigenvalue weighted by atomic mass is 19.1. The number of aliphatic hydroxyl groups excluding tert-OH is 1. The lowest BCUT2D eigenvalue weighted by atomic mass is 9.89. The molecule has 1 aromatic heterocycles. The minimum Gasteiger partial charge on any atom is -0.394 e. The molecular weight excluding hydrogens is 255 g/mol. The van der Waals surface area contributed by atoms with Gasteiger partial charge in [-0.15, -0.1) is 0 Å². The Morgan fingerprint density at radius 1 is 1.45 bits per heavy atom. The molecule has 20 heavy (non-hydrogen) atoms. The van der Waals surface area contributed by atoms with Gasteiger partial charge in [0.05, 0.1) is 18.2 Å². The van der Waals surface area contributed by atoms with E-state index in [9.17, 15) is 9.50 Å². The molecule has 2 heterocycles. The molecule has 0 bridgehead atoms. The third-order valence-electron chi connectivity index (χ3n) is 4.04. The van der Waals surface area contributed by atoms with Crippen LogP contribution in [0.4, 0.5) is 4.39 Å². The van der Waals surface area contributed by atoms with Crippen LogP contribution in [0.25, 0.3) is 16.5 Å². The van der Waals surface area contributed by atoms with Crippen molar-refractivity contribution < 1.29 is 9.50 Å². The van der Waals surface area contributed by atoms with Gasteiger partial charge in [-0.2, -0.15) is 0 Å². The first-order chi connectivity index (χ1) is 9.60. The number of rotatable bonds is 2. The molecule has 2 unspecified atom stereocenters. The first-order valence-corrected chi connectivity index (χ1v) is 6.90. The van der Waals surface area contributed by atoms with Crippen LogP contribution < -0.4 is 0 Å². The largest absolute Gasteiger partial charge is 0.394 e. The number of H-pyrrole nitrogens is 1. The molecule has 0 fully saturated rings. The molecule has 0 spiro atoms. The van der Waals surface area contributed by atoms with Crippen molar-refractivity contribution in [2.24, 2.45) is 5.92 Å². The minimum absolute atomic E-state index is 0.0355. The summed E-state index contributed by atoms with van der Waals surface area (Å²) in [5.41, 5.74) is 2.78. The molecule has 106 valence electrons. The molecule has 0 saturated carbocycles. The summed E-state index contributed by atoms with van der Waals surface area (Å²) in [5.74, 6) is 0.136. The number of fused-ring (bicyclic) bond motifs is 1. The van der Waals surface area contributed by atoms with Gasteiger partial charge >= 0.3 is 0 Å². The highest BCUT2D eigenvalue weighted by molar-refractivity contribution is 5.92. The molecule has 4 heteroatoms. The lowest BCUT2D eigenvalue weighted by molar-refractivity contribution is 0.167. The van der Waals surface area contributed by atoms with Gasteiger partial charge in [0.15, 0.2) is 0 Å². The van der Waals surface area contributed by atoms with Crippen LogP contribution in [0.1, 0.15) is 12.5 Å². The summed E-state index contributed by atoms with van der Waals surface area (Å²) in [4.78, 5) is 5.30. The fourth-order valence-electron chi connectivity index (χ4n) is 3.16. The van der Waals surface area contributed by atoms with E-state index in [1.54, 1.807) is 6.07 Å². The Bertz CT molecular complexity index is 662. The average molecular weight is 274 g/mol. The second-order valence-electron chi connectivity index (χ2n) is 5.63. The van der Waals surface area contributed by atoms with Crippen molar-refractivity contribution in [2.75, 3.05) is 20.2 Å². The summed E-state index contributed by atoms with van der Waals surface area (Å²) in [6.45, 7) is 3.07. The number of aliphatic hydroxyl groups is 1. The maximum Gasteiger partial charge on any atom is 0.124 e. The molecular formula is C16H19FN2O. The molecule has 2 aromatic rings. The van der Waals surface area contributed by atoms with Gasteiger partial charge < -0.3 is 10.1 Å². The lowest BCUT2D eigenvalue weighted by Crippen LogP contribution is -2.41. The Hall–Kier alpha value is -1.65. The van der Waals surface area contributed by atoms with E-state index in [2.05, 4.69) is 22.9 Å². The van der Waals surface area contributed by atoms with E-state index in [1.165, 1.54) is 6.07 Å². The van der Waals surface area contributed by atoms with E-state index in [4.69, 9.17) is 0 Å². The number of likely N-dealkylation sites (N-methyl/N-ethyl adjacent to an activating group) is 1. The van der Waals surface area contributed by atoms with E-state index >= 15 is 0 Å². The Morgan fingerprint density at radius 2 is 2.25 bits per heavy atom. The lowest BCUT2D eigenvalue weighted by Gasteiger charge is -2.35. The monoisotopic (exact) mass is 274 g/mol. The average Bonchev–Trinajstić information content (AvgIpc) is 2.84. The summed E-state index contributed by atoms with van der Waals surface area (Å²) in [5, 5.41) is 10.5. The van der Waals surface area contributed by atoms with Crippen LogP contribution >= 0.6 is 0 Å². The predicted octanol–water partition coefficient (Wildman–Crippen LogP) is 2.63. The van der Waals surface area contributed by atoms with Crippen LogP contribution in [-0.2, 0) is 0 Å². The van der Waals surface area contributed by atoms with E-state index in [0.29, 0.717) is 5.92 Å². The zero-order valence-electron chi connectivity index (χ0n) is 11.7. The molecule has 1 aromatic carbocycles. The zero-order chi connectivity index (χ0) is 14.3. The van der Waals surface area contributed by atoms with Crippen LogP contribution in [0.15, 0.2) is 30.5 Å². The van der Waals surface area contributed by atoms with Crippen LogP contribution in [0.5, 0.6) is 0 Å². The normalized spacial score (nSPS) is 24.1. The third kappa shape index (κ3) is 2.15. The molecule has 1 aliphatic heterocycles. The van der Waals surface area contributed by atoms with Gasteiger partial charge in [-0.3, -0.25) is 4.90 Å². The Balaban J connectivity index is 2.20. The van der Waals surface area contributed by atoms with E-state index < -0.39 is 0 Å². The van der Waals surface area contributed by atoms with Crippen molar-refractivity contribution >= 4 is 16.5 Å². The molecule has 0 amide bonds. The second-order valence-corrected chi connectivity index (χ2v) is 5.63. The third-order valence-corrected chi connectivity index (χ3v) is 4.04. The topological polar surface area (TPSA) is 39.3 Å². The van der Waals surface area contributed by atoms with Crippen molar-refractivity contribution in [3.8, 4) is 0 Å². The van der Waals surface area contributed by atoms with Crippen molar-refractivity contribution in [3.63, 3.8) is 0 Å². The van der Waals surface area contributed by atoms with Crippen LogP contribution in [-0.4, -0.2) is 41.2 Å². The number of aromatic nitrogens is 1. The van der Waals surface area contributed by atoms with Gasteiger partial charge in [0.1, 0.15) is 5.82 Å². The van der Waals surface area contributed by atoms with E-state index in [1.807, 2.05) is 19.3 Å². The van der Waals surface area contributed by atoms with E-state index in [0.717, 1.165) is 28.6 Å². The molecule has 1 aliphatic rings. The Labute approximate surface area is 117 Å². The van der Waals surface area contributed by atoms with Gasteiger partial charge in [0, 0.05) is 23.7 Å². The predicted molar refractivity (Wildman–Crippen MR) is 78.9 cm³/mol. The summed E-state index contributed by atoms with van der Waals surface area (Å²) in [7, 11) is 2.00. The first kappa shape index (κ1) is 13.3. The smallest absolute Gasteiger partial charge is 0.124 e. The molecule has 3 rings (SSSR count). The molecule has 2 N–H and O–H groups in total. The zero-order valence-corrected chi connectivity index (χ0v) is 11.7. The van der Waals surface area contributed by atoms with Crippen molar-refractivity contribution in [2.45, 2.75) is 13.0 Å². The number of hydrogen-bond acceptors (Lipinski definition) is 2. The first-order valence-electron chi connectivity index (χ1n) is 6.90. The maximum absolute atomic E-state index is 13.8. The van der Waals surface area contributed by atoms with Gasteiger partial charge in [-0.1, -0.05) is 13.0 Å². The van der Waals surface area contributed by atoms with Gasteiger partial charge in [-0.05, 0) is 36.7 Å². The number of benzene rings is 1. The van der Waals surface area contributed by atoms with Gasteiger partial charge in [-0.25, -0.2) is 4.39 Å². The maximum atomic E-state index is 13.8. The molecule has 3 nitrogen and oxygen atoms in total. The molecule has 0 aliphatic carbocycles. The van der Waals surface area contributed by atoms with Crippen molar-refractivity contribution in [1.29, 1.82) is 0 Å². The van der Waals surface area contributed by atoms with Gasteiger partial charge in [0.25, 0.3) is 0 Å².